The molecule has 0 aromatic heterocycles. The summed E-state index contributed by atoms with van der Waals surface area (Å²) in [5.41, 5.74) is 0.869. The van der Waals surface area contributed by atoms with E-state index < -0.39 is 0 Å². The van der Waals surface area contributed by atoms with Gasteiger partial charge in [0.2, 0.25) is 0 Å². The fraction of sp³-hybridized carbons (Fsp3) is 0.200. The lowest BCUT2D eigenvalue weighted by Crippen LogP contribution is -2.22. The highest BCUT2D eigenvalue weighted by Gasteiger charge is 2.40. The number of carbonyl (C=O) groups excluding carboxylic acids is 2. The Kier molecular flexibility index (Phi) is 1.76. The largest absolute Gasteiger partial charge is 0.289 e. The molecule has 3 aliphatic rings. The molecule has 1 amide bonds. The number of rotatable bonds is 0. The maximum atomic E-state index is 11.6. The molecule has 0 bridgehead atoms. The molecule has 0 saturated heterocycles. The second kappa shape index (κ2) is 3.00. The van der Waals surface area contributed by atoms with Gasteiger partial charge in [-0.3, -0.25) is 9.59 Å². The number of allylic oxidation sites excluding steroid dienone is 3. The Balaban J connectivity index is 2.09. The van der Waals surface area contributed by atoms with Crippen LogP contribution < -0.4 is 0 Å². The fourth-order valence-electron chi connectivity index (χ4n) is 1.87. The molecule has 1 unspecified atom stereocenters. The number of carbonyl (C=O) groups is 2. The van der Waals surface area contributed by atoms with Crippen LogP contribution in [0.2, 0.25) is 0 Å². The summed E-state index contributed by atoms with van der Waals surface area (Å²) in [6.45, 7) is 0. The Morgan fingerprint density at radius 3 is 3.13 bits per heavy atom. The molecule has 0 aromatic rings. The standard InChI is InChI=1S/C10H6N2O2S/c13-6-3-1-2-5-7-9(14)11-4-12-10(7)15-8(5)6/h1,3-4,7H,2H2. The van der Waals surface area contributed by atoms with E-state index in [9.17, 15) is 9.59 Å². The van der Waals surface area contributed by atoms with Crippen LogP contribution in [0.25, 0.3) is 0 Å². The van der Waals surface area contributed by atoms with Gasteiger partial charge in [0, 0.05) is 0 Å². The number of fused-ring (bicyclic) bond motifs is 2. The Labute approximate surface area is 89.9 Å². The predicted molar refractivity (Wildman–Crippen MR) is 57.8 cm³/mol. The molecule has 1 atom stereocenters. The van der Waals surface area contributed by atoms with Gasteiger partial charge in [0.25, 0.3) is 5.91 Å². The zero-order valence-electron chi connectivity index (χ0n) is 7.64. The van der Waals surface area contributed by atoms with E-state index in [0.29, 0.717) is 16.4 Å². The highest BCUT2D eigenvalue weighted by Crippen LogP contribution is 2.43. The van der Waals surface area contributed by atoms with Gasteiger partial charge in [0.05, 0.1) is 9.95 Å². The lowest BCUT2D eigenvalue weighted by atomic mass is 9.92. The van der Waals surface area contributed by atoms with Gasteiger partial charge in [0.15, 0.2) is 5.78 Å². The lowest BCUT2D eigenvalue weighted by molar-refractivity contribution is -0.118. The van der Waals surface area contributed by atoms with Crippen LogP contribution in [0.5, 0.6) is 0 Å². The first-order valence-electron chi connectivity index (χ1n) is 4.53. The molecule has 2 heterocycles. The third kappa shape index (κ3) is 1.16. The molecule has 0 spiro atoms. The zero-order valence-corrected chi connectivity index (χ0v) is 8.45. The molecule has 1 aliphatic carbocycles. The Morgan fingerprint density at radius 2 is 2.27 bits per heavy atom. The van der Waals surface area contributed by atoms with E-state index in [1.54, 1.807) is 12.2 Å². The first kappa shape index (κ1) is 8.79. The van der Waals surface area contributed by atoms with Crippen LogP contribution in [0.3, 0.4) is 0 Å². The monoisotopic (exact) mass is 218 g/mol. The van der Waals surface area contributed by atoms with E-state index in [1.165, 1.54) is 18.1 Å². The van der Waals surface area contributed by atoms with Crippen LogP contribution in [0.1, 0.15) is 6.42 Å². The number of thioether (sulfide) groups is 1. The molecule has 0 saturated carbocycles. The maximum Gasteiger partial charge on any atom is 0.261 e. The maximum absolute atomic E-state index is 11.6. The van der Waals surface area contributed by atoms with Crippen molar-refractivity contribution in [2.24, 2.45) is 15.9 Å². The van der Waals surface area contributed by atoms with Crippen molar-refractivity contribution in [2.75, 3.05) is 0 Å². The van der Waals surface area contributed by atoms with Crippen LogP contribution in [0, 0.1) is 5.92 Å². The van der Waals surface area contributed by atoms with Crippen molar-refractivity contribution in [3.63, 3.8) is 0 Å². The summed E-state index contributed by atoms with van der Waals surface area (Å²) in [6.07, 6.45) is 5.25. The van der Waals surface area contributed by atoms with Crippen LogP contribution in [-0.4, -0.2) is 23.1 Å². The van der Waals surface area contributed by atoms with Crippen LogP contribution >= 0.6 is 11.8 Å². The second-order valence-corrected chi connectivity index (χ2v) is 4.44. The average molecular weight is 218 g/mol. The van der Waals surface area contributed by atoms with Gasteiger partial charge in [-0.25, -0.2) is 9.98 Å². The quantitative estimate of drug-likeness (QED) is 0.611. The number of hydrogen-bond donors (Lipinski definition) is 0. The van der Waals surface area contributed by atoms with Gasteiger partial charge in [-0.2, -0.15) is 0 Å². The van der Waals surface area contributed by atoms with E-state index in [1.807, 2.05) is 0 Å². The van der Waals surface area contributed by atoms with Crippen molar-refractivity contribution in [3.05, 3.63) is 22.6 Å². The SMILES string of the molecule is O=C1C=CCC2=C1SC1=NC=NC(=O)C12. The third-order valence-electron chi connectivity index (χ3n) is 2.54. The van der Waals surface area contributed by atoms with Crippen molar-refractivity contribution >= 4 is 34.8 Å². The minimum Gasteiger partial charge on any atom is -0.289 e. The van der Waals surface area contributed by atoms with Gasteiger partial charge < -0.3 is 0 Å². The summed E-state index contributed by atoms with van der Waals surface area (Å²) in [4.78, 5) is 31.5. The van der Waals surface area contributed by atoms with E-state index in [4.69, 9.17) is 0 Å². The van der Waals surface area contributed by atoms with Gasteiger partial charge in [-0.15, -0.1) is 0 Å². The van der Waals surface area contributed by atoms with Gasteiger partial charge in [0.1, 0.15) is 12.3 Å². The average Bonchev–Trinajstić information content (AvgIpc) is 2.59. The van der Waals surface area contributed by atoms with Crippen LogP contribution in [0.15, 0.2) is 32.6 Å². The molecule has 4 nitrogen and oxygen atoms in total. The summed E-state index contributed by atoms with van der Waals surface area (Å²) >= 11 is 1.31. The summed E-state index contributed by atoms with van der Waals surface area (Å²) in [5.74, 6) is -0.615. The van der Waals surface area contributed by atoms with Crippen molar-refractivity contribution < 1.29 is 9.59 Å². The summed E-state index contributed by atoms with van der Waals surface area (Å²) < 4.78 is 0. The van der Waals surface area contributed by atoms with Gasteiger partial charge >= 0.3 is 0 Å². The normalized spacial score (nSPS) is 28.0. The topological polar surface area (TPSA) is 58.9 Å². The predicted octanol–water partition coefficient (Wildman–Crippen LogP) is 1.10. The smallest absolute Gasteiger partial charge is 0.261 e. The summed E-state index contributed by atoms with van der Waals surface area (Å²) in [6, 6.07) is 0. The molecule has 0 fully saturated rings. The number of hydrogen-bond acceptors (Lipinski definition) is 4. The fourth-order valence-corrected chi connectivity index (χ4v) is 3.04. The molecular formula is C10H6N2O2S. The molecule has 3 rings (SSSR count). The van der Waals surface area contributed by atoms with Gasteiger partial charge in [-0.1, -0.05) is 17.8 Å². The minimum absolute atomic E-state index is 0.0221. The Morgan fingerprint density at radius 1 is 1.40 bits per heavy atom. The third-order valence-corrected chi connectivity index (χ3v) is 3.76. The number of amides is 1. The number of ketones is 1. The molecule has 0 radical (unpaired) electrons. The Hall–Kier alpha value is -1.49. The summed E-state index contributed by atoms with van der Waals surface area (Å²) in [5, 5.41) is 0.692. The highest BCUT2D eigenvalue weighted by molar-refractivity contribution is 8.18. The van der Waals surface area contributed by atoms with Crippen LogP contribution in [0.4, 0.5) is 0 Å². The molecule has 15 heavy (non-hydrogen) atoms. The first-order valence-corrected chi connectivity index (χ1v) is 5.35. The zero-order chi connectivity index (χ0) is 10.4. The van der Waals surface area contributed by atoms with E-state index >= 15 is 0 Å². The Bertz CT molecular complexity index is 500. The molecule has 5 heteroatoms. The van der Waals surface area contributed by atoms with Crippen LogP contribution in [-0.2, 0) is 9.59 Å². The van der Waals surface area contributed by atoms with Crippen molar-refractivity contribution in [2.45, 2.75) is 6.42 Å². The summed E-state index contributed by atoms with van der Waals surface area (Å²) in [7, 11) is 0. The highest BCUT2D eigenvalue weighted by atomic mass is 32.2. The molecular weight excluding hydrogens is 212 g/mol. The molecule has 0 aromatic carbocycles. The van der Waals surface area contributed by atoms with E-state index in [0.717, 1.165) is 5.57 Å². The minimum atomic E-state index is -0.385. The molecule has 74 valence electrons. The number of aliphatic imine (C=N–C) groups is 2. The number of nitrogens with zero attached hydrogens (tertiary/aromatic N) is 2. The van der Waals surface area contributed by atoms with E-state index in [-0.39, 0.29) is 17.6 Å². The van der Waals surface area contributed by atoms with Crippen molar-refractivity contribution in [1.29, 1.82) is 0 Å². The van der Waals surface area contributed by atoms with E-state index in [2.05, 4.69) is 9.98 Å². The lowest BCUT2D eigenvalue weighted by Gasteiger charge is -2.13. The molecule has 0 N–H and O–H groups in total. The second-order valence-electron chi connectivity index (χ2n) is 3.41. The molecule has 2 aliphatic heterocycles. The van der Waals surface area contributed by atoms with Gasteiger partial charge in [-0.05, 0) is 18.1 Å². The van der Waals surface area contributed by atoms with Crippen molar-refractivity contribution in [1.82, 2.24) is 0 Å². The van der Waals surface area contributed by atoms with Crippen molar-refractivity contribution in [3.8, 4) is 0 Å². The first-order chi connectivity index (χ1) is 7.27.